The molecule has 5 N–H and O–H groups in total. The Bertz CT molecular complexity index is 1610. The van der Waals surface area contributed by atoms with Gasteiger partial charge in [-0.15, -0.1) is 0 Å². The molecule has 1 fully saturated rings. The van der Waals surface area contributed by atoms with Crippen LogP contribution in [0.15, 0.2) is 60.8 Å². The minimum Gasteiger partial charge on any atom is -0.456 e. The lowest BCUT2D eigenvalue weighted by Gasteiger charge is -2.14. The van der Waals surface area contributed by atoms with E-state index in [1.165, 1.54) is 6.20 Å². The van der Waals surface area contributed by atoms with Crippen LogP contribution in [0.3, 0.4) is 0 Å². The van der Waals surface area contributed by atoms with Gasteiger partial charge in [0.2, 0.25) is 0 Å². The van der Waals surface area contributed by atoms with E-state index in [-0.39, 0.29) is 40.2 Å². The molecule has 0 unspecified atom stereocenters. The third-order valence-electron chi connectivity index (χ3n) is 6.56. The van der Waals surface area contributed by atoms with E-state index in [1.54, 1.807) is 41.1 Å². The van der Waals surface area contributed by atoms with Gasteiger partial charge in [0, 0.05) is 24.4 Å². The number of rotatable bonds is 11. The SMILES string of the molecule is CCCCc1cc(NC(=O)Nc2ccc(Oc3ccnc(NC(=O)NC4CC4)c3)c(Cl)c2Cl)n(-c2ccc(CO)cc2)n1. The highest BCUT2D eigenvalue weighted by Crippen LogP contribution is 2.39. The number of aliphatic hydroxyl groups is 1. The number of unbranched alkanes of at least 4 members (excludes halogenated alkanes) is 1. The number of amides is 4. The number of nitrogens with zero attached hydrogens (tertiary/aromatic N) is 3. The van der Waals surface area contributed by atoms with E-state index in [9.17, 15) is 14.7 Å². The molecule has 224 valence electrons. The lowest BCUT2D eigenvalue weighted by molar-refractivity contribution is 0.251. The fourth-order valence-corrected chi connectivity index (χ4v) is 4.56. The number of anilines is 3. The van der Waals surface area contributed by atoms with E-state index in [1.807, 2.05) is 18.2 Å². The quantitative estimate of drug-likeness (QED) is 0.120. The predicted octanol–water partition coefficient (Wildman–Crippen LogP) is 7.13. The molecule has 0 bridgehead atoms. The lowest BCUT2D eigenvalue weighted by atomic mass is 10.2. The first-order valence-corrected chi connectivity index (χ1v) is 14.6. The van der Waals surface area contributed by atoms with E-state index in [0.717, 1.165) is 49.0 Å². The number of aryl methyl sites for hydroxylation is 1. The maximum absolute atomic E-state index is 13.0. The average Bonchev–Trinajstić information content (AvgIpc) is 3.73. The Balaban J connectivity index is 1.27. The number of nitrogens with one attached hydrogen (secondary N) is 4. The number of aliphatic hydroxyl groups excluding tert-OH is 1. The van der Waals surface area contributed by atoms with Crippen molar-refractivity contribution in [2.75, 3.05) is 16.0 Å². The Labute approximate surface area is 258 Å². The number of pyridine rings is 1. The molecule has 4 aromatic rings. The number of hydrogen-bond acceptors (Lipinski definition) is 6. The first-order chi connectivity index (χ1) is 20.8. The van der Waals surface area contributed by atoms with Crippen LogP contribution in [-0.2, 0) is 13.0 Å². The van der Waals surface area contributed by atoms with Crippen molar-refractivity contribution >= 4 is 52.6 Å². The van der Waals surface area contributed by atoms with Crippen molar-refractivity contribution in [2.45, 2.75) is 51.7 Å². The smallest absolute Gasteiger partial charge is 0.324 e. The van der Waals surface area contributed by atoms with Crippen LogP contribution in [0, 0.1) is 0 Å². The summed E-state index contributed by atoms with van der Waals surface area (Å²) in [7, 11) is 0. The minimum absolute atomic E-state index is 0.0678. The number of aromatic nitrogens is 3. The molecule has 1 saturated carbocycles. The van der Waals surface area contributed by atoms with Gasteiger partial charge in [-0.1, -0.05) is 48.7 Å². The van der Waals surface area contributed by atoms with Crippen LogP contribution in [0.1, 0.15) is 43.9 Å². The number of carbonyl (C=O) groups is 2. The molecule has 1 aliphatic carbocycles. The molecule has 2 aromatic heterocycles. The van der Waals surface area contributed by atoms with Crippen molar-refractivity contribution in [3.63, 3.8) is 0 Å². The van der Waals surface area contributed by atoms with Crippen molar-refractivity contribution in [1.82, 2.24) is 20.1 Å². The molecule has 0 radical (unpaired) electrons. The highest BCUT2D eigenvalue weighted by atomic mass is 35.5. The molecule has 11 nitrogen and oxygen atoms in total. The molecule has 4 amide bonds. The van der Waals surface area contributed by atoms with E-state index in [4.69, 9.17) is 27.9 Å². The monoisotopic (exact) mass is 623 g/mol. The molecule has 1 aliphatic rings. The van der Waals surface area contributed by atoms with E-state index in [2.05, 4.69) is 38.3 Å². The summed E-state index contributed by atoms with van der Waals surface area (Å²) < 4.78 is 7.54. The molecule has 5 rings (SSSR count). The number of hydrogen-bond donors (Lipinski definition) is 5. The summed E-state index contributed by atoms with van der Waals surface area (Å²) in [4.78, 5) is 29.2. The maximum atomic E-state index is 13.0. The fraction of sp³-hybridized carbons (Fsp3) is 0.267. The zero-order chi connectivity index (χ0) is 30.3. The van der Waals surface area contributed by atoms with Crippen LogP contribution >= 0.6 is 23.2 Å². The molecule has 0 aliphatic heterocycles. The first kappa shape index (κ1) is 30.1. The van der Waals surface area contributed by atoms with Gasteiger partial charge < -0.3 is 20.5 Å². The fourth-order valence-electron chi connectivity index (χ4n) is 4.15. The standard InChI is InChI=1S/C30H31Cl2N7O4/c1-2-3-4-20-15-26(39(38-20)21-9-5-18(17-40)6-10-21)37-30(42)35-23-11-12-24(28(32)27(23)31)43-22-13-14-33-25(16-22)36-29(41)34-19-7-8-19/h5-6,9-16,19,40H,2-4,7-8,17H2,1H3,(H2,35,37,42)(H2,33,34,36,41). The van der Waals surface area contributed by atoms with Crippen molar-refractivity contribution in [1.29, 1.82) is 0 Å². The normalized spacial score (nSPS) is 12.5. The van der Waals surface area contributed by atoms with Gasteiger partial charge in [-0.2, -0.15) is 5.10 Å². The highest BCUT2D eigenvalue weighted by molar-refractivity contribution is 6.45. The second-order valence-electron chi connectivity index (χ2n) is 10.0. The molecule has 0 atom stereocenters. The summed E-state index contributed by atoms with van der Waals surface area (Å²) in [6, 6.07) is 14.7. The van der Waals surface area contributed by atoms with Crippen LogP contribution < -0.4 is 26.0 Å². The zero-order valence-corrected chi connectivity index (χ0v) is 24.9. The molecular formula is C30H31Cl2N7O4. The molecule has 0 saturated heterocycles. The van der Waals surface area contributed by atoms with Crippen molar-refractivity contribution in [3.8, 4) is 17.2 Å². The van der Waals surface area contributed by atoms with Gasteiger partial charge in [-0.3, -0.25) is 10.6 Å². The zero-order valence-electron chi connectivity index (χ0n) is 23.4. The maximum Gasteiger partial charge on any atom is 0.324 e. The summed E-state index contributed by atoms with van der Waals surface area (Å²) in [5.74, 6) is 1.42. The first-order valence-electron chi connectivity index (χ1n) is 13.9. The highest BCUT2D eigenvalue weighted by Gasteiger charge is 2.23. The van der Waals surface area contributed by atoms with Gasteiger partial charge in [-0.05, 0) is 61.6 Å². The summed E-state index contributed by atoms with van der Waals surface area (Å²) in [5.41, 5.74) is 2.61. The van der Waals surface area contributed by atoms with E-state index < -0.39 is 6.03 Å². The van der Waals surface area contributed by atoms with Crippen LogP contribution in [0.2, 0.25) is 10.0 Å². The van der Waals surface area contributed by atoms with Gasteiger partial charge in [-0.25, -0.2) is 19.3 Å². The van der Waals surface area contributed by atoms with Crippen molar-refractivity contribution in [3.05, 3.63) is 82.1 Å². The third kappa shape index (κ3) is 7.95. The summed E-state index contributed by atoms with van der Waals surface area (Å²) in [6.07, 6.45) is 6.18. The molecule has 13 heteroatoms. The number of ether oxygens (including phenoxy) is 1. The Hall–Kier alpha value is -4.32. The van der Waals surface area contributed by atoms with E-state index in [0.29, 0.717) is 17.4 Å². The van der Waals surface area contributed by atoms with E-state index >= 15 is 0 Å². The summed E-state index contributed by atoms with van der Waals surface area (Å²) in [6.45, 7) is 2.03. The van der Waals surface area contributed by atoms with Crippen LogP contribution in [0.4, 0.5) is 26.9 Å². The summed E-state index contributed by atoms with van der Waals surface area (Å²) in [5, 5.41) is 25.3. The second-order valence-corrected chi connectivity index (χ2v) is 10.8. The second kappa shape index (κ2) is 13.8. The molecule has 43 heavy (non-hydrogen) atoms. The predicted molar refractivity (Wildman–Crippen MR) is 167 cm³/mol. The van der Waals surface area contributed by atoms with Crippen LogP contribution in [0.25, 0.3) is 5.69 Å². The Morgan fingerprint density at radius 1 is 1.00 bits per heavy atom. The molecule has 2 aromatic carbocycles. The topological polar surface area (TPSA) is 142 Å². The third-order valence-corrected chi connectivity index (χ3v) is 7.42. The Morgan fingerprint density at radius 3 is 2.51 bits per heavy atom. The van der Waals surface area contributed by atoms with Crippen molar-refractivity contribution in [2.24, 2.45) is 0 Å². The van der Waals surface area contributed by atoms with Crippen LogP contribution in [0.5, 0.6) is 11.5 Å². The minimum atomic E-state index is -0.545. The molecule has 2 heterocycles. The average molecular weight is 625 g/mol. The number of halogens is 2. The van der Waals surface area contributed by atoms with Crippen molar-refractivity contribution < 1.29 is 19.4 Å². The number of benzene rings is 2. The van der Waals surface area contributed by atoms with Crippen LogP contribution in [-0.4, -0.2) is 38.0 Å². The Morgan fingerprint density at radius 2 is 1.79 bits per heavy atom. The Kier molecular flexibility index (Phi) is 9.65. The largest absolute Gasteiger partial charge is 0.456 e. The van der Waals surface area contributed by atoms with Gasteiger partial charge in [0.05, 0.1) is 28.7 Å². The lowest BCUT2D eigenvalue weighted by Crippen LogP contribution is -2.30. The number of carbonyl (C=O) groups excluding carboxylic acids is 2. The summed E-state index contributed by atoms with van der Waals surface area (Å²) >= 11 is 13.0. The van der Waals surface area contributed by atoms with Gasteiger partial charge in [0.1, 0.15) is 28.2 Å². The van der Waals surface area contributed by atoms with Gasteiger partial charge in [0.15, 0.2) is 0 Å². The molecule has 0 spiro atoms. The van der Waals surface area contributed by atoms with Gasteiger partial charge >= 0.3 is 12.1 Å². The number of urea groups is 2. The van der Waals surface area contributed by atoms with Gasteiger partial charge in [0.25, 0.3) is 0 Å². The molecular weight excluding hydrogens is 593 g/mol.